The van der Waals surface area contributed by atoms with E-state index in [1.165, 1.54) is 25.7 Å². The summed E-state index contributed by atoms with van der Waals surface area (Å²) in [6, 6.07) is 1.67. The van der Waals surface area contributed by atoms with Crippen LogP contribution in [0.5, 0.6) is 0 Å². The number of aliphatic hydroxyl groups is 1. The highest BCUT2D eigenvalue weighted by Gasteiger charge is 2.30. The molecule has 3 heteroatoms. The van der Waals surface area contributed by atoms with E-state index in [4.69, 9.17) is 0 Å². The van der Waals surface area contributed by atoms with Crippen molar-refractivity contribution >= 4 is 0 Å². The topological polar surface area (TPSA) is 35.5 Å². The molecule has 3 nitrogen and oxygen atoms in total. The van der Waals surface area contributed by atoms with Crippen molar-refractivity contribution in [2.45, 2.75) is 83.5 Å². The van der Waals surface area contributed by atoms with Gasteiger partial charge in [0.1, 0.15) is 0 Å². The molecule has 0 bridgehead atoms. The lowest BCUT2D eigenvalue weighted by Gasteiger charge is -2.38. The monoisotopic (exact) mass is 256 g/mol. The van der Waals surface area contributed by atoms with Crippen LogP contribution in [0.4, 0.5) is 0 Å². The van der Waals surface area contributed by atoms with Crippen LogP contribution in [-0.2, 0) is 0 Å². The Morgan fingerprint density at radius 3 is 2.28 bits per heavy atom. The van der Waals surface area contributed by atoms with Crippen LogP contribution in [0, 0.1) is 0 Å². The third kappa shape index (κ3) is 4.52. The number of hydrogen-bond donors (Lipinski definition) is 2. The maximum atomic E-state index is 9.65. The molecular formula is C15H32N2O. The summed E-state index contributed by atoms with van der Waals surface area (Å²) in [5.41, 5.74) is -0.166. The lowest BCUT2D eigenvalue weighted by atomic mass is 9.92. The Labute approximate surface area is 113 Å². The first-order valence-electron chi connectivity index (χ1n) is 7.48. The van der Waals surface area contributed by atoms with E-state index in [0.29, 0.717) is 12.1 Å². The molecule has 18 heavy (non-hydrogen) atoms. The fourth-order valence-corrected chi connectivity index (χ4v) is 3.33. The van der Waals surface area contributed by atoms with Gasteiger partial charge in [0, 0.05) is 23.7 Å². The number of hydrogen-bond acceptors (Lipinski definition) is 3. The molecule has 1 fully saturated rings. The summed E-state index contributed by atoms with van der Waals surface area (Å²) in [6.45, 7) is 8.90. The summed E-state index contributed by atoms with van der Waals surface area (Å²) in [6.07, 6.45) is 6.43. The molecule has 1 aliphatic rings. The number of nitrogens with one attached hydrogen (secondary N) is 1. The predicted octanol–water partition coefficient (Wildman–Crippen LogP) is 2.39. The Morgan fingerprint density at radius 2 is 1.83 bits per heavy atom. The average molecular weight is 256 g/mol. The predicted molar refractivity (Wildman–Crippen MR) is 77.9 cm³/mol. The van der Waals surface area contributed by atoms with Gasteiger partial charge in [-0.3, -0.25) is 0 Å². The molecular weight excluding hydrogens is 224 g/mol. The fraction of sp³-hybridized carbons (Fsp3) is 1.00. The molecule has 2 N–H and O–H groups in total. The van der Waals surface area contributed by atoms with E-state index in [1.807, 2.05) is 0 Å². The Balaban J connectivity index is 2.52. The summed E-state index contributed by atoms with van der Waals surface area (Å²) in [5.74, 6) is 0. The molecule has 1 rings (SSSR count). The molecule has 0 saturated heterocycles. The maximum absolute atomic E-state index is 9.65. The van der Waals surface area contributed by atoms with Gasteiger partial charge in [-0.05, 0) is 40.2 Å². The third-order valence-corrected chi connectivity index (χ3v) is 4.33. The Bertz CT molecular complexity index is 239. The zero-order chi connectivity index (χ0) is 13.8. The molecule has 0 spiro atoms. The van der Waals surface area contributed by atoms with Crippen molar-refractivity contribution in [2.24, 2.45) is 0 Å². The minimum Gasteiger partial charge on any atom is -0.394 e. The van der Waals surface area contributed by atoms with Crippen LogP contribution in [0.3, 0.4) is 0 Å². The zero-order valence-corrected chi connectivity index (χ0v) is 12.9. The van der Waals surface area contributed by atoms with Gasteiger partial charge in [-0.15, -0.1) is 0 Å². The molecule has 1 aliphatic carbocycles. The first-order chi connectivity index (χ1) is 8.38. The SMILES string of the molecule is CC(C)NC(C)(CO)CC(C)N(C)C1CCCC1. The van der Waals surface area contributed by atoms with Crippen molar-refractivity contribution < 1.29 is 5.11 Å². The summed E-state index contributed by atoms with van der Waals surface area (Å²) in [5, 5.41) is 13.2. The first-order valence-corrected chi connectivity index (χ1v) is 7.48. The summed E-state index contributed by atoms with van der Waals surface area (Å²) in [4.78, 5) is 2.52. The van der Waals surface area contributed by atoms with E-state index in [-0.39, 0.29) is 12.1 Å². The Hall–Kier alpha value is -0.120. The Morgan fingerprint density at radius 1 is 1.28 bits per heavy atom. The highest BCUT2D eigenvalue weighted by Crippen LogP contribution is 2.26. The van der Waals surface area contributed by atoms with Gasteiger partial charge in [-0.2, -0.15) is 0 Å². The van der Waals surface area contributed by atoms with Gasteiger partial charge in [-0.25, -0.2) is 0 Å². The second kappa shape index (κ2) is 6.88. The number of nitrogens with zero attached hydrogens (tertiary/aromatic N) is 1. The van der Waals surface area contributed by atoms with Gasteiger partial charge in [0.2, 0.25) is 0 Å². The smallest absolute Gasteiger partial charge is 0.0611 e. The highest BCUT2D eigenvalue weighted by atomic mass is 16.3. The van der Waals surface area contributed by atoms with E-state index in [2.05, 4.69) is 45.0 Å². The second-order valence-corrected chi connectivity index (χ2v) is 6.67. The van der Waals surface area contributed by atoms with Crippen LogP contribution < -0.4 is 5.32 Å². The lowest BCUT2D eigenvalue weighted by Crippen LogP contribution is -2.53. The van der Waals surface area contributed by atoms with Crippen LogP contribution in [0.1, 0.15) is 59.8 Å². The van der Waals surface area contributed by atoms with Crippen LogP contribution in [-0.4, -0.2) is 47.3 Å². The molecule has 0 aromatic carbocycles. The molecule has 2 unspecified atom stereocenters. The minimum atomic E-state index is -0.166. The van der Waals surface area contributed by atoms with Gasteiger partial charge in [-0.1, -0.05) is 26.7 Å². The molecule has 0 aromatic heterocycles. The van der Waals surface area contributed by atoms with E-state index in [9.17, 15) is 5.11 Å². The quantitative estimate of drug-likeness (QED) is 0.734. The van der Waals surface area contributed by atoms with Crippen molar-refractivity contribution in [3.05, 3.63) is 0 Å². The highest BCUT2D eigenvalue weighted by molar-refractivity contribution is 4.89. The molecule has 1 saturated carbocycles. The summed E-state index contributed by atoms with van der Waals surface area (Å²) >= 11 is 0. The summed E-state index contributed by atoms with van der Waals surface area (Å²) < 4.78 is 0. The Kier molecular flexibility index (Phi) is 6.09. The van der Waals surface area contributed by atoms with Gasteiger partial charge >= 0.3 is 0 Å². The molecule has 0 aliphatic heterocycles. The minimum absolute atomic E-state index is 0.166. The normalized spacial score (nSPS) is 22.7. The van der Waals surface area contributed by atoms with E-state index < -0.39 is 0 Å². The maximum Gasteiger partial charge on any atom is 0.0611 e. The van der Waals surface area contributed by atoms with Crippen LogP contribution in [0.15, 0.2) is 0 Å². The van der Waals surface area contributed by atoms with Gasteiger partial charge < -0.3 is 15.3 Å². The van der Waals surface area contributed by atoms with Crippen molar-refractivity contribution in [2.75, 3.05) is 13.7 Å². The van der Waals surface area contributed by atoms with Crippen LogP contribution >= 0.6 is 0 Å². The molecule has 0 aromatic rings. The van der Waals surface area contributed by atoms with Crippen molar-refractivity contribution in [3.8, 4) is 0 Å². The van der Waals surface area contributed by atoms with Gasteiger partial charge in [0.05, 0.1) is 6.61 Å². The van der Waals surface area contributed by atoms with Crippen molar-refractivity contribution in [3.63, 3.8) is 0 Å². The standard InChI is InChI=1S/C15H32N2O/c1-12(2)16-15(4,11-18)10-13(3)17(5)14-8-6-7-9-14/h12-14,16,18H,6-11H2,1-5H3. The van der Waals surface area contributed by atoms with Crippen LogP contribution in [0.25, 0.3) is 0 Å². The fourth-order valence-electron chi connectivity index (χ4n) is 3.33. The number of rotatable bonds is 7. The van der Waals surface area contributed by atoms with E-state index in [1.54, 1.807) is 0 Å². The first kappa shape index (κ1) is 15.9. The molecule has 108 valence electrons. The number of aliphatic hydroxyl groups excluding tert-OH is 1. The third-order valence-electron chi connectivity index (χ3n) is 4.33. The van der Waals surface area contributed by atoms with Crippen LogP contribution in [0.2, 0.25) is 0 Å². The summed E-state index contributed by atoms with van der Waals surface area (Å²) in [7, 11) is 2.24. The largest absolute Gasteiger partial charge is 0.394 e. The van der Waals surface area contributed by atoms with Gasteiger partial charge in [0.15, 0.2) is 0 Å². The lowest BCUT2D eigenvalue weighted by molar-refractivity contribution is 0.102. The molecule has 2 atom stereocenters. The molecule has 0 amide bonds. The molecule has 0 heterocycles. The van der Waals surface area contributed by atoms with E-state index >= 15 is 0 Å². The zero-order valence-electron chi connectivity index (χ0n) is 12.9. The van der Waals surface area contributed by atoms with Crippen molar-refractivity contribution in [1.29, 1.82) is 0 Å². The molecule has 0 radical (unpaired) electrons. The van der Waals surface area contributed by atoms with E-state index in [0.717, 1.165) is 12.5 Å². The second-order valence-electron chi connectivity index (χ2n) is 6.67. The average Bonchev–Trinajstić information content (AvgIpc) is 2.80. The van der Waals surface area contributed by atoms with Crippen molar-refractivity contribution in [1.82, 2.24) is 10.2 Å². The van der Waals surface area contributed by atoms with Gasteiger partial charge in [0.25, 0.3) is 0 Å².